The Morgan fingerprint density at radius 2 is 1.50 bits per heavy atom. The van der Waals surface area contributed by atoms with Gasteiger partial charge < -0.3 is 4.74 Å². The van der Waals surface area contributed by atoms with E-state index in [9.17, 15) is 0 Å². The molecular weight excluding hydrogens is 291 g/mol. The van der Waals surface area contributed by atoms with Gasteiger partial charge in [0.1, 0.15) is 11.5 Å². The highest BCUT2D eigenvalue weighted by atomic mass is 16.5. The van der Waals surface area contributed by atoms with Crippen LogP contribution in [0.1, 0.15) is 19.4 Å². The minimum Gasteiger partial charge on any atom is -0.458 e. The van der Waals surface area contributed by atoms with Crippen LogP contribution in [0.4, 0.5) is 0 Å². The van der Waals surface area contributed by atoms with Crippen molar-refractivity contribution in [1.82, 2.24) is 0 Å². The maximum atomic E-state index is 6.27. The molecule has 3 aromatic rings. The average Bonchev–Trinajstić information content (AvgIpc) is 2.60. The molecule has 1 aliphatic heterocycles. The van der Waals surface area contributed by atoms with Crippen molar-refractivity contribution in [3.8, 4) is 22.6 Å². The normalized spacial score (nSPS) is 12.6. The number of ether oxygens (including phenoxy) is 1. The summed E-state index contributed by atoms with van der Waals surface area (Å²) in [4.78, 5) is 0. The summed E-state index contributed by atoms with van der Waals surface area (Å²) in [7, 11) is 0. The number of fused-ring (bicyclic) bond motifs is 2. The van der Waals surface area contributed by atoms with Gasteiger partial charge in [0.05, 0.1) is 0 Å². The smallest absolute Gasteiger partial charge is 0.222 e. The molecule has 0 N–H and O–H groups in total. The van der Waals surface area contributed by atoms with Crippen LogP contribution in [0.3, 0.4) is 0 Å². The molecule has 0 saturated carbocycles. The molecule has 1 heterocycles. The van der Waals surface area contributed by atoms with Gasteiger partial charge in [-0.2, -0.15) is 0 Å². The predicted octanol–water partition coefficient (Wildman–Crippen LogP) is 4.79. The molecule has 24 heavy (non-hydrogen) atoms. The molecule has 118 valence electrons. The van der Waals surface area contributed by atoms with Gasteiger partial charge in [-0.05, 0) is 46.7 Å². The fourth-order valence-electron chi connectivity index (χ4n) is 3.89. The highest BCUT2D eigenvalue weighted by Gasteiger charge is 2.35. The maximum absolute atomic E-state index is 6.27. The minimum absolute atomic E-state index is 0.347. The molecule has 0 unspecified atom stereocenters. The Morgan fingerprint density at radius 1 is 0.792 bits per heavy atom. The van der Waals surface area contributed by atoms with Crippen LogP contribution >= 0.6 is 0 Å². The molecule has 0 amide bonds. The fraction of sp³-hybridized carbons (Fsp3) is 0.182. The third kappa shape index (κ3) is 2.34. The molecule has 3 aromatic carbocycles. The molecule has 0 fully saturated rings. The number of aryl methyl sites for hydroxylation is 1. The fourth-order valence-corrected chi connectivity index (χ4v) is 3.89. The Bertz CT molecular complexity index is 884. The molecule has 4 rings (SSSR count). The van der Waals surface area contributed by atoms with E-state index < -0.39 is 0 Å². The molecule has 0 atom stereocenters. The minimum atomic E-state index is 0.347. The van der Waals surface area contributed by atoms with Crippen LogP contribution in [0.25, 0.3) is 11.1 Å². The van der Waals surface area contributed by atoms with E-state index in [0.717, 1.165) is 11.5 Å². The Labute approximate surface area is 144 Å². The summed E-state index contributed by atoms with van der Waals surface area (Å²) >= 11 is 0. The molecule has 0 saturated heterocycles. The summed E-state index contributed by atoms with van der Waals surface area (Å²) in [6.07, 6.45) is 0. The van der Waals surface area contributed by atoms with Crippen LogP contribution < -0.4 is 15.7 Å². The van der Waals surface area contributed by atoms with Gasteiger partial charge in [0.25, 0.3) is 0 Å². The Balaban J connectivity index is 2.02. The lowest BCUT2D eigenvalue weighted by Crippen LogP contribution is -2.49. The molecular formula is C22H21BO. The lowest BCUT2D eigenvalue weighted by atomic mass is 9.32. The monoisotopic (exact) mass is 312 g/mol. The second-order valence-electron chi connectivity index (χ2n) is 6.90. The Morgan fingerprint density at radius 3 is 2.25 bits per heavy atom. The van der Waals surface area contributed by atoms with E-state index in [1.807, 2.05) is 6.07 Å². The summed E-state index contributed by atoms with van der Waals surface area (Å²) in [6.45, 7) is 7.14. The highest BCUT2D eigenvalue weighted by Crippen LogP contribution is 2.34. The predicted molar refractivity (Wildman–Crippen MR) is 103 cm³/mol. The van der Waals surface area contributed by atoms with Crippen molar-refractivity contribution >= 4 is 17.6 Å². The zero-order valence-electron chi connectivity index (χ0n) is 14.4. The third-order valence-electron chi connectivity index (χ3n) is 4.93. The quantitative estimate of drug-likeness (QED) is 0.618. The van der Waals surface area contributed by atoms with E-state index in [0.29, 0.717) is 12.5 Å². The van der Waals surface area contributed by atoms with E-state index in [1.165, 1.54) is 27.6 Å². The van der Waals surface area contributed by atoms with Crippen molar-refractivity contribution < 1.29 is 4.74 Å². The molecule has 0 aromatic heterocycles. The number of para-hydroxylation sites is 1. The molecule has 1 nitrogen and oxygen atoms in total. The van der Waals surface area contributed by atoms with Crippen LogP contribution in [-0.2, 0) is 0 Å². The van der Waals surface area contributed by atoms with Gasteiger partial charge in [0.15, 0.2) is 0 Å². The van der Waals surface area contributed by atoms with E-state index in [-0.39, 0.29) is 0 Å². The van der Waals surface area contributed by atoms with Gasteiger partial charge in [0.2, 0.25) is 6.71 Å². The summed E-state index contributed by atoms with van der Waals surface area (Å²) in [6, 6.07) is 23.4. The van der Waals surface area contributed by atoms with Crippen molar-refractivity contribution in [3.05, 3.63) is 72.3 Å². The molecule has 0 aliphatic carbocycles. The van der Waals surface area contributed by atoms with Gasteiger partial charge >= 0.3 is 0 Å². The lowest BCUT2D eigenvalue weighted by molar-refractivity contribution is 0.487. The summed E-state index contributed by atoms with van der Waals surface area (Å²) in [5, 5.41) is 0. The van der Waals surface area contributed by atoms with E-state index >= 15 is 0 Å². The van der Waals surface area contributed by atoms with Crippen molar-refractivity contribution in [2.75, 3.05) is 0 Å². The molecule has 0 bridgehead atoms. The van der Waals surface area contributed by atoms with Crippen LogP contribution in [-0.4, -0.2) is 6.71 Å². The van der Waals surface area contributed by atoms with Gasteiger partial charge in [0, 0.05) is 0 Å². The zero-order valence-corrected chi connectivity index (χ0v) is 14.4. The van der Waals surface area contributed by atoms with E-state index in [1.54, 1.807) is 0 Å². The number of hydrogen-bond acceptors (Lipinski definition) is 1. The number of benzene rings is 3. The van der Waals surface area contributed by atoms with E-state index in [4.69, 9.17) is 4.74 Å². The van der Waals surface area contributed by atoms with E-state index in [2.05, 4.69) is 81.4 Å². The average molecular weight is 312 g/mol. The van der Waals surface area contributed by atoms with Gasteiger partial charge in [-0.15, -0.1) is 0 Å². The Kier molecular flexibility index (Phi) is 3.68. The summed E-state index contributed by atoms with van der Waals surface area (Å²) < 4.78 is 6.27. The van der Waals surface area contributed by atoms with Crippen molar-refractivity contribution in [2.45, 2.75) is 26.6 Å². The largest absolute Gasteiger partial charge is 0.458 e. The standard InChI is InChI=1S/C22H21BO/c1-15(2)23-18-11-7-8-12-19(18)24-20-14-13-16(3)21(22(20)23)17-9-5-4-6-10-17/h4-15H,1-3H3. The zero-order chi connectivity index (χ0) is 16.7. The third-order valence-corrected chi connectivity index (χ3v) is 4.93. The SMILES string of the molecule is Cc1ccc2c(c1-c1ccccc1)B(C(C)C)c1ccccc1O2. The highest BCUT2D eigenvalue weighted by molar-refractivity contribution is 6.88. The van der Waals surface area contributed by atoms with Crippen LogP contribution in [0.5, 0.6) is 11.5 Å². The van der Waals surface area contributed by atoms with Gasteiger partial charge in [-0.1, -0.05) is 74.3 Å². The first-order chi connectivity index (χ1) is 11.7. The molecule has 0 radical (unpaired) electrons. The maximum Gasteiger partial charge on any atom is 0.222 e. The second kappa shape index (κ2) is 5.87. The second-order valence-corrected chi connectivity index (χ2v) is 6.90. The van der Waals surface area contributed by atoms with Gasteiger partial charge in [-0.3, -0.25) is 0 Å². The van der Waals surface area contributed by atoms with Crippen molar-refractivity contribution in [1.29, 1.82) is 0 Å². The number of rotatable bonds is 2. The van der Waals surface area contributed by atoms with Crippen molar-refractivity contribution in [3.63, 3.8) is 0 Å². The first-order valence-electron chi connectivity index (χ1n) is 8.62. The lowest BCUT2D eigenvalue weighted by Gasteiger charge is -2.31. The molecule has 2 heteroatoms. The van der Waals surface area contributed by atoms with Crippen molar-refractivity contribution in [2.24, 2.45) is 0 Å². The molecule has 0 spiro atoms. The number of hydrogen-bond donors (Lipinski definition) is 0. The Hall–Kier alpha value is -2.48. The first-order valence-corrected chi connectivity index (χ1v) is 8.62. The first kappa shape index (κ1) is 15.1. The molecule has 1 aliphatic rings. The topological polar surface area (TPSA) is 9.23 Å². The van der Waals surface area contributed by atoms with Crippen LogP contribution in [0.2, 0.25) is 5.82 Å². The van der Waals surface area contributed by atoms with Gasteiger partial charge in [-0.25, -0.2) is 0 Å². The van der Waals surface area contributed by atoms with Crippen LogP contribution in [0, 0.1) is 6.92 Å². The summed E-state index contributed by atoms with van der Waals surface area (Å²) in [5.74, 6) is 2.49. The summed E-state index contributed by atoms with van der Waals surface area (Å²) in [5.41, 5.74) is 6.51. The van der Waals surface area contributed by atoms with Crippen LogP contribution in [0.15, 0.2) is 66.7 Å².